The Morgan fingerprint density at radius 3 is 2.60 bits per heavy atom. The summed E-state index contributed by atoms with van der Waals surface area (Å²) in [6, 6.07) is 6.18. The summed E-state index contributed by atoms with van der Waals surface area (Å²) in [7, 11) is 1.32. The third kappa shape index (κ3) is 4.89. The molecule has 0 aliphatic carbocycles. The maximum atomic E-state index is 12.1. The number of nitrogens with zero attached hydrogens (tertiary/aromatic N) is 1. The van der Waals surface area contributed by atoms with Gasteiger partial charge in [-0.05, 0) is 32.4 Å². The molecular formula is C15H21NO3S. The third-order valence-corrected chi connectivity index (χ3v) is 4.12. The Kier molecular flexibility index (Phi) is 6.58. The van der Waals surface area contributed by atoms with Crippen LogP contribution in [0.15, 0.2) is 23.1 Å². The average Bonchev–Trinajstić information content (AvgIpc) is 2.44. The second-order valence-electron chi connectivity index (χ2n) is 4.54. The van der Waals surface area contributed by atoms with Gasteiger partial charge in [0.25, 0.3) is 0 Å². The number of rotatable bonds is 6. The lowest BCUT2D eigenvalue weighted by Gasteiger charge is -2.19. The van der Waals surface area contributed by atoms with Crippen LogP contribution in [0, 0.1) is 13.8 Å². The molecule has 0 aliphatic heterocycles. The van der Waals surface area contributed by atoms with Crippen LogP contribution in [0.2, 0.25) is 0 Å². The molecular weight excluding hydrogens is 274 g/mol. The molecule has 1 amide bonds. The van der Waals surface area contributed by atoms with Gasteiger partial charge in [-0.3, -0.25) is 9.59 Å². The van der Waals surface area contributed by atoms with Crippen molar-refractivity contribution in [1.29, 1.82) is 0 Å². The van der Waals surface area contributed by atoms with Crippen LogP contribution in [0.25, 0.3) is 0 Å². The van der Waals surface area contributed by atoms with E-state index < -0.39 is 5.97 Å². The Balaban J connectivity index is 2.61. The van der Waals surface area contributed by atoms with E-state index in [1.54, 1.807) is 0 Å². The van der Waals surface area contributed by atoms with Gasteiger partial charge in [-0.1, -0.05) is 17.7 Å². The third-order valence-electron chi connectivity index (χ3n) is 2.98. The topological polar surface area (TPSA) is 46.6 Å². The van der Waals surface area contributed by atoms with Gasteiger partial charge >= 0.3 is 5.97 Å². The van der Waals surface area contributed by atoms with Crippen molar-refractivity contribution >= 4 is 23.6 Å². The number of carbonyl (C=O) groups is 2. The Morgan fingerprint density at radius 1 is 1.30 bits per heavy atom. The summed E-state index contributed by atoms with van der Waals surface area (Å²) in [4.78, 5) is 25.9. The summed E-state index contributed by atoms with van der Waals surface area (Å²) in [6.45, 7) is 6.42. The Labute approximate surface area is 124 Å². The number of likely N-dealkylation sites (N-methyl/N-ethyl adjacent to an activating group) is 1. The van der Waals surface area contributed by atoms with Gasteiger partial charge in [0.1, 0.15) is 6.54 Å². The first kappa shape index (κ1) is 16.6. The summed E-state index contributed by atoms with van der Waals surface area (Å²) in [5.74, 6) is -0.115. The van der Waals surface area contributed by atoms with E-state index in [-0.39, 0.29) is 12.5 Å². The predicted molar refractivity (Wildman–Crippen MR) is 80.9 cm³/mol. The van der Waals surface area contributed by atoms with Gasteiger partial charge in [0, 0.05) is 11.4 Å². The fourth-order valence-corrected chi connectivity index (χ4v) is 2.72. The van der Waals surface area contributed by atoms with Crippen LogP contribution in [0.4, 0.5) is 0 Å². The molecule has 0 unspecified atom stereocenters. The number of methoxy groups -OCH3 is 1. The van der Waals surface area contributed by atoms with Gasteiger partial charge in [-0.25, -0.2) is 0 Å². The molecule has 0 bridgehead atoms. The standard InChI is InChI=1S/C15H21NO3S/c1-5-16(9-15(18)19-4)14(17)10-20-13-8-11(2)6-7-12(13)3/h6-8H,5,9-10H2,1-4H3. The maximum Gasteiger partial charge on any atom is 0.325 e. The molecule has 0 N–H and O–H groups in total. The van der Waals surface area contributed by atoms with Crippen LogP contribution < -0.4 is 0 Å². The van der Waals surface area contributed by atoms with E-state index in [2.05, 4.69) is 16.9 Å². The van der Waals surface area contributed by atoms with Gasteiger partial charge in [0.2, 0.25) is 5.91 Å². The number of carbonyl (C=O) groups excluding carboxylic acids is 2. The highest BCUT2D eigenvalue weighted by Crippen LogP contribution is 2.23. The molecule has 1 rings (SSSR count). The summed E-state index contributed by atoms with van der Waals surface area (Å²) in [6.07, 6.45) is 0. The molecule has 0 saturated heterocycles. The van der Waals surface area contributed by atoms with E-state index in [1.165, 1.54) is 29.3 Å². The molecule has 0 heterocycles. The minimum Gasteiger partial charge on any atom is -0.468 e. The quantitative estimate of drug-likeness (QED) is 0.597. The first-order chi connectivity index (χ1) is 9.47. The second kappa shape index (κ2) is 7.94. The number of amides is 1. The van der Waals surface area contributed by atoms with Gasteiger partial charge in [0.05, 0.1) is 12.9 Å². The largest absolute Gasteiger partial charge is 0.468 e. The zero-order valence-electron chi connectivity index (χ0n) is 12.4. The Hall–Kier alpha value is -1.49. The van der Waals surface area contributed by atoms with E-state index in [0.717, 1.165) is 10.5 Å². The molecule has 110 valence electrons. The van der Waals surface area contributed by atoms with Crippen molar-refractivity contribution in [2.45, 2.75) is 25.7 Å². The van der Waals surface area contributed by atoms with E-state index in [0.29, 0.717) is 12.3 Å². The summed E-state index contributed by atoms with van der Waals surface area (Å²) in [5.41, 5.74) is 2.33. The van der Waals surface area contributed by atoms with Crippen molar-refractivity contribution in [2.24, 2.45) is 0 Å². The van der Waals surface area contributed by atoms with Crippen molar-refractivity contribution in [3.63, 3.8) is 0 Å². The fraction of sp³-hybridized carbons (Fsp3) is 0.467. The number of ether oxygens (including phenoxy) is 1. The molecule has 0 fully saturated rings. The monoisotopic (exact) mass is 295 g/mol. The minimum atomic E-state index is -0.392. The normalized spacial score (nSPS) is 10.2. The molecule has 0 aliphatic rings. The summed E-state index contributed by atoms with van der Waals surface area (Å²) < 4.78 is 4.59. The van der Waals surface area contributed by atoms with Crippen molar-refractivity contribution < 1.29 is 14.3 Å². The second-order valence-corrected chi connectivity index (χ2v) is 5.56. The first-order valence-electron chi connectivity index (χ1n) is 6.52. The molecule has 0 radical (unpaired) electrons. The SMILES string of the molecule is CCN(CC(=O)OC)C(=O)CSc1cc(C)ccc1C. The number of aryl methyl sites for hydroxylation is 2. The highest BCUT2D eigenvalue weighted by molar-refractivity contribution is 8.00. The van der Waals surface area contributed by atoms with Gasteiger partial charge < -0.3 is 9.64 Å². The van der Waals surface area contributed by atoms with Crippen molar-refractivity contribution in [1.82, 2.24) is 4.90 Å². The first-order valence-corrected chi connectivity index (χ1v) is 7.51. The molecule has 0 saturated carbocycles. The fourth-order valence-electron chi connectivity index (χ4n) is 1.69. The summed E-state index contributed by atoms with van der Waals surface area (Å²) in [5, 5.41) is 0. The van der Waals surface area contributed by atoms with Crippen molar-refractivity contribution in [3.05, 3.63) is 29.3 Å². The van der Waals surface area contributed by atoms with Crippen LogP contribution in [0.1, 0.15) is 18.1 Å². The van der Waals surface area contributed by atoms with E-state index in [9.17, 15) is 9.59 Å². The minimum absolute atomic E-state index is 0.0131. The Morgan fingerprint density at radius 2 is 2.00 bits per heavy atom. The number of hydrogen-bond acceptors (Lipinski definition) is 4. The molecule has 20 heavy (non-hydrogen) atoms. The zero-order chi connectivity index (χ0) is 15.1. The number of hydrogen-bond donors (Lipinski definition) is 0. The number of thioether (sulfide) groups is 1. The molecule has 5 heteroatoms. The van der Waals surface area contributed by atoms with E-state index in [1.807, 2.05) is 26.8 Å². The van der Waals surface area contributed by atoms with Gasteiger partial charge in [-0.2, -0.15) is 0 Å². The van der Waals surface area contributed by atoms with Crippen LogP contribution in [-0.2, 0) is 14.3 Å². The van der Waals surface area contributed by atoms with Crippen molar-refractivity contribution in [3.8, 4) is 0 Å². The lowest BCUT2D eigenvalue weighted by Crippen LogP contribution is -2.37. The lowest BCUT2D eigenvalue weighted by atomic mass is 10.2. The highest BCUT2D eigenvalue weighted by Gasteiger charge is 2.16. The van der Waals surface area contributed by atoms with Crippen LogP contribution >= 0.6 is 11.8 Å². The molecule has 4 nitrogen and oxygen atoms in total. The predicted octanol–water partition coefficient (Wildman–Crippen LogP) is 2.42. The lowest BCUT2D eigenvalue weighted by molar-refractivity contribution is -0.146. The van der Waals surface area contributed by atoms with Crippen molar-refractivity contribution in [2.75, 3.05) is 26.0 Å². The molecule has 1 aromatic rings. The molecule has 1 aromatic carbocycles. The van der Waals surface area contributed by atoms with E-state index in [4.69, 9.17) is 0 Å². The molecule has 0 aromatic heterocycles. The van der Waals surface area contributed by atoms with Crippen LogP contribution in [-0.4, -0.2) is 42.7 Å². The van der Waals surface area contributed by atoms with Crippen LogP contribution in [0.5, 0.6) is 0 Å². The Bertz CT molecular complexity index is 488. The zero-order valence-corrected chi connectivity index (χ0v) is 13.3. The average molecular weight is 295 g/mol. The highest BCUT2D eigenvalue weighted by atomic mass is 32.2. The van der Waals surface area contributed by atoms with Gasteiger partial charge in [0.15, 0.2) is 0 Å². The maximum absolute atomic E-state index is 12.1. The molecule has 0 atom stereocenters. The number of esters is 1. The number of benzene rings is 1. The van der Waals surface area contributed by atoms with E-state index >= 15 is 0 Å². The van der Waals surface area contributed by atoms with Gasteiger partial charge in [-0.15, -0.1) is 11.8 Å². The summed E-state index contributed by atoms with van der Waals surface area (Å²) >= 11 is 1.50. The molecule has 0 spiro atoms. The smallest absolute Gasteiger partial charge is 0.325 e. The van der Waals surface area contributed by atoms with Crippen LogP contribution in [0.3, 0.4) is 0 Å².